The predicted molar refractivity (Wildman–Crippen MR) is 91.8 cm³/mol. The van der Waals surface area contributed by atoms with E-state index in [1.165, 1.54) is 12.0 Å². The average Bonchev–Trinajstić information content (AvgIpc) is 2.54. The molecular weight excluding hydrogens is 288 g/mol. The molecule has 1 aliphatic rings. The molecule has 1 N–H and O–H groups in total. The Balaban J connectivity index is 1.71. The molecule has 4 heteroatoms. The van der Waals surface area contributed by atoms with E-state index in [2.05, 4.69) is 47.6 Å². The summed E-state index contributed by atoms with van der Waals surface area (Å²) in [6.45, 7) is 3.88. The molecular formula is C19H24N2O2. The fourth-order valence-corrected chi connectivity index (χ4v) is 2.64. The van der Waals surface area contributed by atoms with Crippen molar-refractivity contribution >= 4 is 0 Å². The maximum absolute atomic E-state index is 5.84. The Morgan fingerprint density at radius 1 is 1.26 bits per heavy atom. The topological polar surface area (TPSA) is 43.4 Å². The second kappa shape index (κ2) is 7.57. The zero-order valence-electron chi connectivity index (χ0n) is 13.8. The van der Waals surface area contributed by atoms with E-state index < -0.39 is 0 Å². The lowest BCUT2D eigenvalue weighted by molar-refractivity contribution is 0.119. The summed E-state index contributed by atoms with van der Waals surface area (Å²) in [6, 6.07) is 11.1. The van der Waals surface area contributed by atoms with Gasteiger partial charge in [0.15, 0.2) is 0 Å². The molecule has 0 amide bonds. The van der Waals surface area contributed by atoms with E-state index in [1.54, 1.807) is 13.3 Å². The number of methoxy groups -OCH3 is 1. The van der Waals surface area contributed by atoms with Crippen LogP contribution in [0, 0.1) is 0 Å². The molecule has 2 aromatic rings. The molecule has 2 heterocycles. The second-order valence-electron chi connectivity index (χ2n) is 6.11. The third-order valence-corrected chi connectivity index (χ3v) is 4.28. The number of benzene rings is 1. The maximum atomic E-state index is 5.84. The van der Waals surface area contributed by atoms with E-state index in [0.29, 0.717) is 12.6 Å². The van der Waals surface area contributed by atoms with Gasteiger partial charge in [-0.3, -0.25) is 4.98 Å². The zero-order chi connectivity index (χ0) is 16.1. The molecule has 1 fully saturated rings. The highest BCUT2D eigenvalue weighted by Crippen LogP contribution is 2.24. The summed E-state index contributed by atoms with van der Waals surface area (Å²) in [5.74, 6) is 0.826. The van der Waals surface area contributed by atoms with Crippen molar-refractivity contribution < 1.29 is 9.47 Å². The highest BCUT2D eigenvalue weighted by Gasteiger charge is 2.16. The Hall–Kier alpha value is -1.91. The third kappa shape index (κ3) is 4.30. The van der Waals surface area contributed by atoms with Crippen LogP contribution in [0.2, 0.25) is 0 Å². The van der Waals surface area contributed by atoms with Gasteiger partial charge < -0.3 is 14.8 Å². The number of hydrogen-bond donors (Lipinski definition) is 1. The summed E-state index contributed by atoms with van der Waals surface area (Å²) in [7, 11) is 1.75. The molecule has 23 heavy (non-hydrogen) atoms. The molecule has 0 aliphatic carbocycles. The SMILES string of the molecule is CO[C@@H](C)Cc1cccc(-c2cncc(OC[C@@H]3CCN3)c2)c1. The Morgan fingerprint density at radius 3 is 2.87 bits per heavy atom. The summed E-state index contributed by atoms with van der Waals surface area (Å²) in [5.41, 5.74) is 3.50. The van der Waals surface area contributed by atoms with E-state index in [-0.39, 0.29) is 6.10 Å². The minimum atomic E-state index is 0.216. The van der Waals surface area contributed by atoms with Gasteiger partial charge in [0, 0.05) is 24.9 Å². The summed E-state index contributed by atoms with van der Waals surface area (Å²) in [6.07, 6.45) is 5.97. The van der Waals surface area contributed by atoms with Crippen LogP contribution >= 0.6 is 0 Å². The summed E-state index contributed by atoms with van der Waals surface area (Å²) < 4.78 is 11.2. The quantitative estimate of drug-likeness (QED) is 0.853. The molecule has 1 aliphatic heterocycles. The van der Waals surface area contributed by atoms with E-state index in [0.717, 1.165) is 29.8 Å². The van der Waals surface area contributed by atoms with Crippen LogP contribution in [0.3, 0.4) is 0 Å². The van der Waals surface area contributed by atoms with Gasteiger partial charge in [0.05, 0.1) is 12.3 Å². The Labute approximate surface area is 137 Å². The molecule has 0 spiro atoms. The molecule has 2 atom stereocenters. The molecule has 1 aromatic carbocycles. The highest BCUT2D eigenvalue weighted by atomic mass is 16.5. The summed E-state index contributed by atoms with van der Waals surface area (Å²) in [4.78, 5) is 4.32. The van der Waals surface area contributed by atoms with Crippen LogP contribution in [0.5, 0.6) is 5.75 Å². The van der Waals surface area contributed by atoms with Gasteiger partial charge >= 0.3 is 0 Å². The molecule has 0 saturated carbocycles. The fraction of sp³-hybridized carbons (Fsp3) is 0.421. The van der Waals surface area contributed by atoms with Gasteiger partial charge in [-0.05, 0) is 43.5 Å². The van der Waals surface area contributed by atoms with Gasteiger partial charge in [-0.25, -0.2) is 0 Å². The van der Waals surface area contributed by atoms with Crippen LogP contribution in [-0.4, -0.2) is 37.4 Å². The first-order chi connectivity index (χ1) is 11.2. The normalized spacial score (nSPS) is 18.3. The van der Waals surface area contributed by atoms with Gasteiger partial charge in [-0.1, -0.05) is 24.3 Å². The molecule has 0 bridgehead atoms. The van der Waals surface area contributed by atoms with E-state index in [4.69, 9.17) is 9.47 Å². The van der Waals surface area contributed by atoms with Crippen LogP contribution in [0.25, 0.3) is 11.1 Å². The Bertz CT molecular complexity index is 641. The molecule has 122 valence electrons. The van der Waals surface area contributed by atoms with Crippen LogP contribution < -0.4 is 10.1 Å². The van der Waals surface area contributed by atoms with Crippen LogP contribution in [0.4, 0.5) is 0 Å². The molecule has 0 radical (unpaired) electrons. The van der Waals surface area contributed by atoms with E-state index >= 15 is 0 Å². The average molecular weight is 312 g/mol. The highest BCUT2D eigenvalue weighted by molar-refractivity contribution is 5.64. The van der Waals surface area contributed by atoms with Crippen molar-refractivity contribution in [1.29, 1.82) is 0 Å². The third-order valence-electron chi connectivity index (χ3n) is 4.28. The lowest BCUT2D eigenvalue weighted by Crippen LogP contribution is -2.46. The lowest BCUT2D eigenvalue weighted by atomic mass is 10.0. The lowest BCUT2D eigenvalue weighted by Gasteiger charge is -2.27. The largest absolute Gasteiger partial charge is 0.490 e. The van der Waals surface area contributed by atoms with Crippen molar-refractivity contribution in [3.63, 3.8) is 0 Å². The van der Waals surface area contributed by atoms with Gasteiger partial charge in [0.1, 0.15) is 12.4 Å². The van der Waals surface area contributed by atoms with Crippen molar-refractivity contribution in [1.82, 2.24) is 10.3 Å². The van der Waals surface area contributed by atoms with Gasteiger partial charge in [0.2, 0.25) is 0 Å². The zero-order valence-corrected chi connectivity index (χ0v) is 13.8. The molecule has 1 aromatic heterocycles. The van der Waals surface area contributed by atoms with Gasteiger partial charge in [-0.15, -0.1) is 0 Å². The number of ether oxygens (including phenoxy) is 2. The first kappa shape index (κ1) is 16.0. The second-order valence-corrected chi connectivity index (χ2v) is 6.11. The number of nitrogens with one attached hydrogen (secondary N) is 1. The van der Waals surface area contributed by atoms with E-state index in [1.807, 2.05) is 6.20 Å². The van der Waals surface area contributed by atoms with Crippen LogP contribution in [0.15, 0.2) is 42.7 Å². The fourth-order valence-electron chi connectivity index (χ4n) is 2.64. The van der Waals surface area contributed by atoms with Gasteiger partial charge in [0.25, 0.3) is 0 Å². The monoisotopic (exact) mass is 312 g/mol. The van der Waals surface area contributed by atoms with Crippen LogP contribution in [0.1, 0.15) is 18.9 Å². The molecule has 3 rings (SSSR count). The molecule has 0 unspecified atom stereocenters. The number of rotatable bonds is 7. The number of hydrogen-bond acceptors (Lipinski definition) is 4. The van der Waals surface area contributed by atoms with Crippen molar-refractivity contribution in [2.75, 3.05) is 20.3 Å². The number of pyridine rings is 1. The predicted octanol–water partition coefficient (Wildman–Crippen LogP) is 3.07. The number of aromatic nitrogens is 1. The first-order valence-electron chi connectivity index (χ1n) is 8.18. The van der Waals surface area contributed by atoms with E-state index in [9.17, 15) is 0 Å². The smallest absolute Gasteiger partial charge is 0.138 e. The van der Waals surface area contributed by atoms with Crippen molar-refractivity contribution in [2.45, 2.75) is 31.9 Å². The summed E-state index contributed by atoms with van der Waals surface area (Å²) >= 11 is 0. The van der Waals surface area contributed by atoms with Gasteiger partial charge in [-0.2, -0.15) is 0 Å². The molecule has 4 nitrogen and oxygen atoms in total. The molecule has 1 saturated heterocycles. The van der Waals surface area contributed by atoms with Crippen molar-refractivity contribution in [2.24, 2.45) is 0 Å². The van der Waals surface area contributed by atoms with Crippen molar-refractivity contribution in [3.8, 4) is 16.9 Å². The maximum Gasteiger partial charge on any atom is 0.138 e. The van der Waals surface area contributed by atoms with Crippen LogP contribution in [-0.2, 0) is 11.2 Å². The van der Waals surface area contributed by atoms with Crippen molar-refractivity contribution in [3.05, 3.63) is 48.3 Å². The first-order valence-corrected chi connectivity index (χ1v) is 8.18. The Morgan fingerprint density at radius 2 is 2.13 bits per heavy atom. The minimum Gasteiger partial charge on any atom is -0.490 e. The summed E-state index contributed by atoms with van der Waals surface area (Å²) in [5, 5.41) is 3.34. The standard InChI is InChI=1S/C19H24N2O2/c1-14(22-2)8-15-4-3-5-16(9-15)17-10-19(12-20-11-17)23-13-18-6-7-21-18/h3-5,9-12,14,18,21H,6-8,13H2,1-2H3/t14-,18-/m0/s1. The minimum absolute atomic E-state index is 0.216. The Kier molecular flexibility index (Phi) is 5.26. The number of nitrogens with zero attached hydrogens (tertiary/aromatic N) is 1.